The fraction of sp³-hybridized carbons (Fsp3) is 0.333. The van der Waals surface area contributed by atoms with E-state index in [1.807, 2.05) is 30.3 Å². The topological polar surface area (TPSA) is 32.3 Å². The number of hydrogen-bond donors (Lipinski definition) is 2. The van der Waals surface area contributed by atoms with Crippen molar-refractivity contribution in [2.75, 3.05) is 6.61 Å². The van der Waals surface area contributed by atoms with Crippen LogP contribution in [0.1, 0.15) is 34.5 Å². The number of aliphatic hydroxyl groups excluding tert-OH is 1. The number of fused-ring (bicyclic) bond motifs is 1. The van der Waals surface area contributed by atoms with E-state index in [1.165, 1.54) is 10.4 Å². The molecular weight excluding hydrogens is 278 g/mol. The van der Waals surface area contributed by atoms with Crippen molar-refractivity contribution in [2.24, 2.45) is 0 Å². The van der Waals surface area contributed by atoms with E-state index in [9.17, 15) is 5.11 Å². The number of rotatable bonds is 4. The largest absolute Gasteiger partial charge is 0.394 e. The third kappa shape index (κ3) is 2.70. The lowest BCUT2D eigenvalue weighted by Gasteiger charge is -2.22. The van der Waals surface area contributed by atoms with Crippen LogP contribution in [-0.2, 0) is 6.42 Å². The molecule has 0 radical (unpaired) electrons. The summed E-state index contributed by atoms with van der Waals surface area (Å²) >= 11 is 7.75. The van der Waals surface area contributed by atoms with Gasteiger partial charge in [-0.15, -0.1) is 11.3 Å². The molecule has 0 amide bonds. The van der Waals surface area contributed by atoms with Gasteiger partial charge >= 0.3 is 0 Å². The number of aryl methyl sites for hydroxylation is 1. The maximum Gasteiger partial charge on any atom is 0.0934 e. The van der Waals surface area contributed by atoms with Crippen LogP contribution in [0.4, 0.5) is 0 Å². The molecular formula is C15H16ClNOS. The van der Waals surface area contributed by atoms with E-state index in [0.717, 1.165) is 22.7 Å². The van der Waals surface area contributed by atoms with Gasteiger partial charge in [-0.3, -0.25) is 0 Å². The normalized spacial score (nSPS) is 19.4. The molecule has 0 bridgehead atoms. The molecule has 2 atom stereocenters. The van der Waals surface area contributed by atoms with Crippen LogP contribution in [0, 0.1) is 0 Å². The first-order chi connectivity index (χ1) is 9.28. The van der Waals surface area contributed by atoms with Crippen molar-refractivity contribution in [3.8, 4) is 0 Å². The monoisotopic (exact) mass is 293 g/mol. The minimum Gasteiger partial charge on any atom is -0.394 e. The number of hydrogen-bond acceptors (Lipinski definition) is 3. The van der Waals surface area contributed by atoms with E-state index in [4.69, 9.17) is 11.6 Å². The molecule has 1 aromatic heterocycles. The van der Waals surface area contributed by atoms with Gasteiger partial charge in [0.05, 0.1) is 17.0 Å². The van der Waals surface area contributed by atoms with Crippen LogP contribution in [0.5, 0.6) is 0 Å². The summed E-state index contributed by atoms with van der Waals surface area (Å²) in [7, 11) is 0. The smallest absolute Gasteiger partial charge is 0.0934 e. The van der Waals surface area contributed by atoms with Crippen LogP contribution >= 0.6 is 22.9 Å². The van der Waals surface area contributed by atoms with Gasteiger partial charge in [-0.2, -0.15) is 0 Å². The third-order valence-electron chi connectivity index (χ3n) is 3.63. The van der Waals surface area contributed by atoms with E-state index >= 15 is 0 Å². The second-order valence-electron chi connectivity index (χ2n) is 4.83. The van der Waals surface area contributed by atoms with Gasteiger partial charge in [-0.25, -0.2) is 0 Å². The van der Waals surface area contributed by atoms with Crippen LogP contribution in [0.25, 0.3) is 0 Å². The number of halogens is 1. The number of benzene rings is 1. The lowest BCUT2D eigenvalue weighted by atomic mass is 10.1. The van der Waals surface area contributed by atoms with Crippen LogP contribution in [0.3, 0.4) is 0 Å². The van der Waals surface area contributed by atoms with Crippen molar-refractivity contribution in [1.82, 2.24) is 5.32 Å². The van der Waals surface area contributed by atoms with Crippen molar-refractivity contribution >= 4 is 22.9 Å². The minimum absolute atomic E-state index is 0.0178. The quantitative estimate of drug-likeness (QED) is 0.901. The standard InChI is InChI=1S/C15H16ClNOS/c16-15-8-11-12(6-7-14(11)19-15)17-13(9-18)10-4-2-1-3-5-10/h1-5,8,12-13,17-18H,6-7,9H2/t12?,13-/m1/s1. The lowest BCUT2D eigenvalue weighted by Crippen LogP contribution is -2.27. The molecule has 0 aliphatic heterocycles. The van der Waals surface area contributed by atoms with Gasteiger partial charge in [0.25, 0.3) is 0 Å². The summed E-state index contributed by atoms with van der Waals surface area (Å²) in [5, 5.41) is 13.2. The molecule has 100 valence electrons. The predicted octanol–water partition coefficient (Wildman–Crippen LogP) is 3.71. The zero-order valence-electron chi connectivity index (χ0n) is 10.5. The van der Waals surface area contributed by atoms with E-state index in [2.05, 4.69) is 11.4 Å². The average molecular weight is 294 g/mol. The predicted molar refractivity (Wildman–Crippen MR) is 79.8 cm³/mol. The molecule has 4 heteroatoms. The zero-order valence-corrected chi connectivity index (χ0v) is 12.0. The lowest BCUT2D eigenvalue weighted by molar-refractivity contribution is 0.233. The average Bonchev–Trinajstić information content (AvgIpc) is 2.97. The van der Waals surface area contributed by atoms with Gasteiger partial charge in [0, 0.05) is 10.9 Å². The number of nitrogens with one attached hydrogen (secondary N) is 1. The Kier molecular flexibility index (Phi) is 3.89. The number of thiophene rings is 1. The SMILES string of the molecule is OC[C@@H](NC1CCc2sc(Cl)cc21)c1ccccc1. The molecule has 0 saturated heterocycles. The molecule has 2 aromatic rings. The van der Waals surface area contributed by atoms with E-state index in [-0.39, 0.29) is 12.6 Å². The van der Waals surface area contributed by atoms with E-state index in [1.54, 1.807) is 11.3 Å². The fourth-order valence-corrected chi connectivity index (χ4v) is 4.04. The number of aliphatic hydroxyl groups is 1. The Labute approximate surface area is 122 Å². The molecule has 2 N–H and O–H groups in total. The molecule has 3 rings (SSSR count). The van der Waals surface area contributed by atoms with Crippen LogP contribution in [-0.4, -0.2) is 11.7 Å². The summed E-state index contributed by atoms with van der Waals surface area (Å²) in [5.41, 5.74) is 2.43. The van der Waals surface area contributed by atoms with Gasteiger partial charge in [0.15, 0.2) is 0 Å². The Balaban J connectivity index is 1.78. The van der Waals surface area contributed by atoms with Gasteiger partial charge < -0.3 is 10.4 Å². The first-order valence-corrected chi connectivity index (χ1v) is 7.67. The Morgan fingerprint density at radius 2 is 2.16 bits per heavy atom. The zero-order chi connectivity index (χ0) is 13.2. The maximum atomic E-state index is 9.61. The second kappa shape index (κ2) is 5.63. The summed E-state index contributed by atoms with van der Waals surface area (Å²) < 4.78 is 0.858. The molecule has 0 spiro atoms. The summed E-state index contributed by atoms with van der Waals surface area (Å²) in [4.78, 5) is 1.38. The summed E-state index contributed by atoms with van der Waals surface area (Å²) in [6.07, 6.45) is 2.17. The second-order valence-corrected chi connectivity index (χ2v) is 6.60. The molecule has 1 aliphatic rings. The van der Waals surface area contributed by atoms with Crippen molar-refractivity contribution in [3.05, 3.63) is 56.7 Å². The van der Waals surface area contributed by atoms with Gasteiger partial charge in [-0.05, 0) is 30.0 Å². The molecule has 1 heterocycles. The maximum absolute atomic E-state index is 9.61. The van der Waals surface area contributed by atoms with Crippen LogP contribution < -0.4 is 5.32 Å². The molecule has 0 fully saturated rings. The van der Waals surface area contributed by atoms with Crippen molar-refractivity contribution in [1.29, 1.82) is 0 Å². The Morgan fingerprint density at radius 3 is 2.89 bits per heavy atom. The van der Waals surface area contributed by atoms with Gasteiger partial charge in [0.2, 0.25) is 0 Å². The van der Waals surface area contributed by atoms with E-state index in [0.29, 0.717) is 6.04 Å². The Hall–Kier alpha value is -0.870. The molecule has 1 aliphatic carbocycles. The summed E-state index contributed by atoms with van der Waals surface area (Å²) in [5.74, 6) is 0. The van der Waals surface area contributed by atoms with Crippen molar-refractivity contribution < 1.29 is 5.11 Å². The highest BCUT2D eigenvalue weighted by Gasteiger charge is 2.27. The highest BCUT2D eigenvalue weighted by Crippen LogP contribution is 2.40. The van der Waals surface area contributed by atoms with Crippen LogP contribution in [0.15, 0.2) is 36.4 Å². The molecule has 1 aromatic carbocycles. The Morgan fingerprint density at radius 1 is 1.37 bits per heavy atom. The molecule has 0 saturated carbocycles. The molecule has 19 heavy (non-hydrogen) atoms. The first-order valence-electron chi connectivity index (χ1n) is 6.48. The fourth-order valence-electron chi connectivity index (χ4n) is 2.69. The van der Waals surface area contributed by atoms with Gasteiger partial charge in [-0.1, -0.05) is 41.9 Å². The van der Waals surface area contributed by atoms with Crippen molar-refractivity contribution in [3.63, 3.8) is 0 Å². The summed E-state index contributed by atoms with van der Waals surface area (Å²) in [6, 6.07) is 12.4. The van der Waals surface area contributed by atoms with Crippen LogP contribution in [0.2, 0.25) is 4.34 Å². The van der Waals surface area contributed by atoms with E-state index < -0.39 is 0 Å². The highest BCUT2D eigenvalue weighted by molar-refractivity contribution is 7.16. The highest BCUT2D eigenvalue weighted by atomic mass is 35.5. The Bertz CT molecular complexity index is 555. The summed E-state index contributed by atoms with van der Waals surface area (Å²) in [6.45, 7) is 0.105. The van der Waals surface area contributed by atoms with Gasteiger partial charge in [0.1, 0.15) is 0 Å². The first kappa shape index (κ1) is 13.1. The van der Waals surface area contributed by atoms with Crippen molar-refractivity contribution in [2.45, 2.75) is 24.9 Å². The third-order valence-corrected chi connectivity index (χ3v) is 4.97. The molecule has 2 nitrogen and oxygen atoms in total. The minimum atomic E-state index is -0.0178. The molecule has 1 unspecified atom stereocenters.